The lowest BCUT2D eigenvalue weighted by Crippen LogP contribution is -2.52. The molecule has 0 unspecified atom stereocenters. The van der Waals surface area contributed by atoms with Crippen molar-refractivity contribution >= 4 is 11.8 Å². The van der Waals surface area contributed by atoms with Crippen LogP contribution in [0.25, 0.3) is 0 Å². The Labute approximate surface area is 201 Å². The third-order valence-corrected chi connectivity index (χ3v) is 6.80. The highest BCUT2D eigenvalue weighted by Gasteiger charge is 2.40. The van der Waals surface area contributed by atoms with Crippen molar-refractivity contribution in [2.24, 2.45) is 0 Å². The van der Waals surface area contributed by atoms with Crippen LogP contribution in [0, 0.1) is 0 Å². The topological polar surface area (TPSA) is 64.7 Å². The van der Waals surface area contributed by atoms with Gasteiger partial charge in [0.25, 0.3) is 0 Å². The number of alkyl halides is 1. The van der Waals surface area contributed by atoms with Gasteiger partial charge >= 0.3 is 0 Å². The molecule has 4 rings (SSSR count). The van der Waals surface area contributed by atoms with Gasteiger partial charge in [-0.2, -0.15) is 0 Å². The van der Waals surface area contributed by atoms with Gasteiger partial charge in [-0.1, -0.05) is 68.4 Å². The minimum absolute atomic E-state index is 0.0257. The standard InChI is InChI=1S/C27H35FN4O2/c1-19(2)20-8-10-22(11-9-20)26(21-6-4-3-5-7-21)30-27(34)24-16-23(28)17-32(24)25(33)18-31-14-12-29-13-15-31/h3-11,19,23-24,26,29H,12-18H2,1-2H3,(H,30,34)/t23-,24+,26+/m1/s1. The first-order chi connectivity index (χ1) is 16.4. The highest BCUT2D eigenvalue weighted by atomic mass is 19.1. The van der Waals surface area contributed by atoms with Gasteiger partial charge in [0.2, 0.25) is 11.8 Å². The third kappa shape index (κ3) is 5.83. The van der Waals surface area contributed by atoms with Crippen LogP contribution in [0.15, 0.2) is 54.6 Å². The molecule has 0 spiro atoms. The Kier molecular flexibility index (Phi) is 7.95. The number of nitrogens with zero attached hydrogens (tertiary/aromatic N) is 2. The molecule has 2 aliphatic rings. The van der Waals surface area contributed by atoms with E-state index < -0.39 is 12.2 Å². The SMILES string of the molecule is CC(C)c1ccc([C@@H](NC(=O)[C@@H]2C[C@@H](F)CN2C(=O)CN2CCNCC2)c2ccccc2)cc1. The van der Waals surface area contributed by atoms with Gasteiger partial charge in [-0.25, -0.2) is 4.39 Å². The number of piperazine rings is 1. The maximum atomic E-state index is 14.4. The molecule has 0 radical (unpaired) electrons. The fourth-order valence-electron chi connectivity index (χ4n) is 4.78. The molecule has 2 aromatic rings. The second-order valence-corrected chi connectivity index (χ2v) is 9.59. The molecule has 0 aliphatic carbocycles. The zero-order valence-electron chi connectivity index (χ0n) is 20.0. The Morgan fingerprint density at radius 3 is 2.26 bits per heavy atom. The van der Waals surface area contributed by atoms with E-state index >= 15 is 0 Å². The molecule has 2 saturated heterocycles. The van der Waals surface area contributed by atoms with E-state index in [0.717, 1.165) is 37.3 Å². The zero-order valence-corrected chi connectivity index (χ0v) is 20.0. The molecule has 6 nitrogen and oxygen atoms in total. The summed E-state index contributed by atoms with van der Waals surface area (Å²) in [5.74, 6) is -0.0793. The summed E-state index contributed by atoms with van der Waals surface area (Å²) in [6.45, 7) is 7.69. The van der Waals surface area contributed by atoms with Crippen LogP contribution in [0.4, 0.5) is 4.39 Å². The average molecular weight is 467 g/mol. The lowest BCUT2D eigenvalue weighted by Gasteiger charge is -2.31. The van der Waals surface area contributed by atoms with Crippen molar-refractivity contribution in [3.63, 3.8) is 0 Å². The average Bonchev–Trinajstić information content (AvgIpc) is 3.25. The minimum atomic E-state index is -1.19. The Morgan fingerprint density at radius 1 is 1.00 bits per heavy atom. The summed E-state index contributed by atoms with van der Waals surface area (Å²) in [6, 6.07) is 16.8. The van der Waals surface area contributed by atoms with Crippen LogP contribution in [-0.4, -0.2) is 73.1 Å². The number of likely N-dealkylation sites (tertiary alicyclic amines) is 1. The number of benzene rings is 2. The second kappa shape index (κ2) is 11.1. The summed E-state index contributed by atoms with van der Waals surface area (Å²) in [5.41, 5.74) is 3.13. The number of hydrogen-bond donors (Lipinski definition) is 2. The summed E-state index contributed by atoms with van der Waals surface area (Å²) in [5, 5.41) is 6.39. The van der Waals surface area contributed by atoms with Crippen LogP contribution in [0.1, 0.15) is 48.9 Å². The molecule has 2 N–H and O–H groups in total. The molecule has 34 heavy (non-hydrogen) atoms. The maximum Gasteiger partial charge on any atom is 0.243 e. The molecule has 2 aromatic carbocycles. The van der Waals surface area contributed by atoms with Gasteiger partial charge in [0, 0.05) is 32.6 Å². The Morgan fingerprint density at radius 2 is 1.62 bits per heavy atom. The van der Waals surface area contributed by atoms with Crippen LogP contribution >= 0.6 is 0 Å². The maximum absolute atomic E-state index is 14.4. The molecule has 3 atom stereocenters. The van der Waals surface area contributed by atoms with Crippen molar-refractivity contribution in [2.45, 2.75) is 44.4 Å². The largest absolute Gasteiger partial charge is 0.343 e. The number of carbonyl (C=O) groups excluding carboxylic acids is 2. The molecule has 0 bridgehead atoms. The normalized spacial score (nSPS) is 22.1. The van der Waals surface area contributed by atoms with E-state index in [9.17, 15) is 14.0 Å². The molecule has 2 amide bonds. The van der Waals surface area contributed by atoms with E-state index in [2.05, 4.69) is 41.5 Å². The summed E-state index contributed by atoms with van der Waals surface area (Å²) >= 11 is 0. The van der Waals surface area contributed by atoms with Gasteiger partial charge in [0.05, 0.1) is 19.1 Å². The van der Waals surface area contributed by atoms with Crippen LogP contribution in [0.3, 0.4) is 0 Å². The van der Waals surface area contributed by atoms with E-state index in [1.165, 1.54) is 10.5 Å². The number of rotatable bonds is 7. The molecule has 0 saturated carbocycles. The van der Waals surface area contributed by atoms with Gasteiger partial charge in [-0.3, -0.25) is 14.5 Å². The van der Waals surface area contributed by atoms with Crippen LogP contribution in [0.5, 0.6) is 0 Å². The molecule has 2 aliphatic heterocycles. The number of nitrogens with one attached hydrogen (secondary N) is 2. The van der Waals surface area contributed by atoms with Gasteiger partial charge in [-0.15, -0.1) is 0 Å². The predicted molar refractivity (Wildman–Crippen MR) is 131 cm³/mol. The van der Waals surface area contributed by atoms with Crippen LogP contribution in [0.2, 0.25) is 0 Å². The van der Waals surface area contributed by atoms with Crippen molar-refractivity contribution in [3.05, 3.63) is 71.3 Å². The molecule has 182 valence electrons. The van der Waals surface area contributed by atoms with Gasteiger partial charge in [0.1, 0.15) is 12.2 Å². The summed E-state index contributed by atoms with van der Waals surface area (Å²) < 4.78 is 14.4. The van der Waals surface area contributed by atoms with E-state index in [0.29, 0.717) is 5.92 Å². The van der Waals surface area contributed by atoms with Crippen LogP contribution in [-0.2, 0) is 9.59 Å². The lowest BCUT2D eigenvalue weighted by molar-refractivity contribution is -0.139. The Bertz CT molecular complexity index is 960. The number of hydrogen-bond acceptors (Lipinski definition) is 4. The first-order valence-electron chi connectivity index (χ1n) is 12.2. The fraction of sp³-hybridized carbons (Fsp3) is 0.481. The fourth-order valence-corrected chi connectivity index (χ4v) is 4.78. The lowest BCUT2D eigenvalue weighted by atomic mass is 9.95. The van der Waals surface area contributed by atoms with E-state index in [1.807, 2.05) is 42.5 Å². The quantitative estimate of drug-likeness (QED) is 0.659. The number of halogens is 1. The third-order valence-electron chi connectivity index (χ3n) is 6.80. The van der Waals surface area contributed by atoms with Crippen molar-refractivity contribution in [1.82, 2.24) is 20.4 Å². The first kappa shape index (κ1) is 24.4. The van der Waals surface area contributed by atoms with Crippen molar-refractivity contribution < 1.29 is 14.0 Å². The van der Waals surface area contributed by atoms with Gasteiger partial charge < -0.3 is 15.5 Å². The van der Waals surface area contributed by atoms with Crippen molar-refractivity contribution in [3.8, 4) is 0 Å². The Balaban J connectivity index is 1.52. The van der Waals surface area contributed by atoms with E-state index in [4.69, 9.17) is 0 Å². The zero-order chi connectivity index (χ0) is 24.1. The van der Waals surface area contributed by atoms with E-state index in [1.54, 1.807) is 0 Å². The molecule has 7 heteroatoms. The number of amides is 2. The van der Waals surface area contributed by atoms with Crippen LogP contribution < -0.4 is 10.6 Å². The summed E-state index contributed by atoms with van der Waals surface area (Å²) in [7, 11) is 0. The Hall–Kier alpha value is -2.77. The molecule has 0 aromatic heterocycles. The number of carbonyl (C=O) groups is 2. The molecular formula is C27H35FN4O2. The summed E-state index contributed by atoms with van der Waals surface area (Å²) in [4.78, 5) is 29.9. The predicted octanol–water partition coefficient (Wildman–Crippen LogP) is 2.86. The molecule has 2 heterocycles. The van der Waals surface area contributed by atoms with Gasteiger partial charge in [-0.05, 0) is 22.6 Å². The molecular weight excluding hydrogens is 431 g/mol. The monoisotopic (exact) mass is 466 g/mol. The van der Waals surface area contributed by atoms with E-state index in [-0.39, 0.29) is 37.4 Å². The summed E-state index contributed by atoms with van der Waals surface area (Å²) in [6.07, 6.45) is -1.16. The van der Waals surface area contributed by atoms with Crippen molar-refractivity contribution in [2.75, 3.05) is 39.3 Å². The van der Waals surface area contributed by atoms with Crippen molar-refractivity contribution in [1.29, 1.82) is 0 Å². The highest BCUT2D eigenvalue weighted by molar-refractivity contribution is 5.89. The smallest absolute Gasteiger partial charge is 0.243 e. The first-order valence-corrected chi connectivity index (χ1v) is 12.2. The molecule has 2 fully saturated rings. The second-order valence-electron chi connectivity index (χ2n) is 9.59. The van der Waals surface area contributed by atoms with Gasteiger partial charge in [0.15, 0.2) is 0 Å². The minimum Gasteiger partial charge on any atom is -0.343 e. The highest BCUT2D eigenvalue weighted by Crippen LogP contribution is 2.27.